The molecule has 0 unspecified atom stereocenters. The van der Waals surface area contributed by atoms with E-state index in [1.807, 2.05) is 13.8 Å². The zero-order chi connectivity index (χ0) is 18.9. The average Bonchev–Trinajstić information content (AvgIpc) is 2.87. The number of rotatable bonds is 1. The molecule has 0 radical (unpaired) electrons. The fourth-order valence-corrected chi connectivity index (χ4v) is 3.28. The summed E-state index contributed by atoms with van der Waals surface area (Å²) in [5, 5.41) is 4.41. The molecule has 136 valence electrons. The topological polar surface area (TPSA) is 38.1 Å². The van der Waals surface area contributed by atoms with E-state index in [0.717, 1.165) is 11.3 Å². The highest BCUT2D eigenvalue weighted by atomic mass is 19.1. The number of fused-ring (bicyclic) bond motifs is 1. The molecule has 4 nitrogen and oxygen atoms in total. The molecular formula is C21H24FN3O. The Morgan fingerprint density at radius 3 is 2.73 bits per heavy atom. The Morgan fingerprint density at radius 1 is 1.31 bits per heavy atom. The standard InChI is InChI=1S/C21H24FN3O/c1-15(2)9-10-20(26)24-13-16-12-23-25(18-8-6-5-7-17(18)22)19(16)11-21(3,4)14-24/h5-8,12,15H,11,13-14H2,1-4H3. The molecule has 0 fully saturated rings. The second-order valence-electron chi connectivity index (χ2n) is 7.91. The van der Waals surface area contributed by atoms with E-state index in [4.69, 9.17) is 0 Å². The van der Waals surface area contributed by atoms with Crippen molar-refractivity contribution in [1.29, 1.82) is 0 Å². The summed E-state index contributed by atoms with van der Waals surface area (Å²) in [7, 11) is 0. The Kier molecular flexibility index (Phi) is 4.86. The molecule has 0 saturated heterocycles. The first kappa shape index (κ1) is 18.2. The van der Waals surface area contributed by atoms with Gasteiger partial charge in [0, 0.05) is 30.3 Å². The van der Waals surface area contributed by atoms with Crippen molar-refractivity contribution in [1.82, 2.24) is 14.7 Å². The smallest absolute Gasteiger partial charge is 0.298 e. The van der Waals surface area contributed by atoms with E-state index in [-0.39, 0.29) is 23.1 Å². The Hall–Kier alpha value is -2.61. The quantitative estimate of drug-likeness (QED) is 0.735. The lowest BCUT2D eigenvalue weighted by atomic mass is 9.87. The number of nitrogens with zero attached hydrogens (tertiary/aromatic N) is 3. The lowest BCUT2D eigenvalue weighted by Crippen LogP contribution is -2.36. The van der Waals surface area contributed by atoms with E-state index >= 15 is 0 Å². The first-order valence-electron chi connectivity index (χ1n) is 8.88. The molecule has 0 N–H and O–H groups in total. The molecule has 5 heteroatoms. The van der Waals surface area contributed by atoms with Crippen LogP contribution in [-0.4, -0.2) is 27.1 Å². The van der Waals surface area contributed by atoms with Gasteiger partial charge in [0.05, 0.1) is 6.20 Å². The lowest BCUT2D eigenvalue weighted by molar-refractivity contribution is -0.126. The minimum Gasteiger partial charge on any atom is -0.327 e. The molecule has 0 aliphatic carbocycles. The van der Waals surface area contributed by atoms with Crippen LogP contribution in [0.25, 0.3) is 5.69 Å². The number of benzene rings is 1. The summed E-state index contributed by atoms with van der Waals surface area (Å²) < 4.78 is 15.9. The molecule has 0 bridgehead atoms. The van der Waals surface area contributed by atoms with Crippen LogP contribution in [0.2, 0.25) is 0 Å². The van der Waals surface area contributed by atoms with Gasteiger partial charge in [-0.15, -0.1) is 0 Å². The Labute approximate surface area is 154 Å². The van der Waals surface area contributed by atoms with Gasteiger partial charge >= 0.3 is 0 Å². The summed E-state index contributed by atoms with van der Waals surface area (Å²) in [4.78, 5) is 14.3. The highest BCUT2D eigenvalue weighted by molar-refractivity contribution is 5.93. The Morgan fingerprint density at radius 2 is 2.04 bits per heavy atom. The van der Waals surface area contributed by atoms with Crippen LogP contribution in [0.3, 0.4) is 0 Å². The predicted octanol–water partition coefficient (Wildman–Crippen LogP) is 3.58. The van der Waals surface area contributed by atoms with Crippen LogP contribution in [0, 0.1) is 29.0 Å². The maximum absolute atomic E-state index is 14.3. The summed E-state index contributed by atoms with van der Waals surface area (Å²) >= 11 is 0. The number of para-hydroxylation sites is 1. The fraction of sp³-hybridized carbons (Fsp3) is 0.429. The van der Waals surface area contributed by atoms with Crippen LogP contribution in [0.4, 0.5) is 4.39 Å². The molecule has 0 spiro atoms. The van der Waals surface area contributed by atoms with Crippen LogP contribution >= 0.6 is 0 Å². The van der Waals surface area contributed by atoms with Crippen molar-refractivity contribution in [3.63, 3.8) is 0 Å². The van der Waals surface area contributed by atoms with Crippen molar-refractivity contribution in [2.45, 2.75) is 40.7 Å². The highest BCUT2D eigenvalue weighted by Crippen LogP contribution is 2.31. The monoisotopic (exact) mass is 353 g/mol. The molecule has 1 aliphatic heterocycles. The second-order valence-corrected chi connectivity index (χ2v) is 7.91. The summed E-state index contributed by atoms with van der Waals surface area (Å²) in [6, 6.07) is 6.62. The van der Waals surface area contributed by atoms with Crippen LogP contribution in [0.1, 0.15) is 39.0 Å². The van der Waals surface area contributed by atoms with Crippen molar-refractivity contribution < 1.29 is 9.18 Å². The molecule has 26 heavy (non-hydrogen) atoms. The van der Waals surface area contributed by atoms with E-state index < -0.39 is 0 Å². The van der Waals surface area contributed by atoms with E-state index in [1.165, 1.54) is 6.07 Å². The van der Waals surface area contributed by atoms with Gasteiger partial charge in [0.15, 0.2) is 0 Å². The van der Waals surface area contributed by atoms with Crippen molar-refractivity contribution in [2.24, 2.45) is 11.3 Å². The number of carbonyl (C=O) groups excluding carboxylic acids is 1. The molecule has 1 amide bonds. The van der Waals surface area contributed by atoms with Gasteiger partial charge in [0.1, 0.15) is 11.5 Å². The van der Waals surface area contributed by atoms with Gasteiger partial charge in [-0.05, 0) is 29.9 Å². The van der Waals surface area contributed by atoms with Gasteiger partial charge in [-0.3, -0.25) is 4.79 Å². The van der Waals surface area contributed by atoms with Crippen LogP contribution in [0.5, 0.6) is 0 Å². The molecule has 3 rings (SSSR count). The number of halogens is 1. The number of aromatic nitrogens is 2. The van der Waals surface area contributed by atoms with E-state index in [0.29, 0.717) is 25.2 Å². The zero-order valence-electron chi connectivity index (χ0n) is 15.7. The predicted molar refractivity (Wildman–Crippen MR) is 99.0 cm³/mol. The fourth-order valence-electron chi connectivity index (χ4n) is 3.28. The molecule has 1 aromatic carbocycles. The van der Waals surface area contributed by atoms with Gasteiger partial charge in [0.25, 0.3) is 5.91 Å². The van der Waals surface area contributed by atoms with E-state index in [2.05, 4.69) is 30.8 Å². The maximum Gasteiger partial charge on any atom is 0.298 e. The summed E-state index contributed by atoms with van der Waals surface area (Å²) in [6.45, 7) is 9.18. The average molecular weight is 353 g/mol. The first-order chi connectivity index (χ1) is 12.3. The molecule has 1 aromatic heterocycles. The number of amides is 1. The number of carbonyl (C=O) groups is 1. The molecular weight excluding hydrogens is 329 g/mol. The van der Waals surface area contributed by atoms with Crippen LogP contribution < -0.4 is 0 Å². The van der Waals surface area contributed by atoms with Gasteiger partial charge in [-0.25, -0.2) is 9.07 Å². The maximum atomic E-state index is 14.3. The SMILES string of the molecule is CC(C)C#CC(=O)N1Cc2cnn(-c3ccccc3F)c2CC(C)(C)C1. The molecule has 0 saturated carbocycles. The van der Waals surface area contributed by atoms with Gasteiger partial charge in [-0.2, -0.15) is 5.10 Å². The van der Waals surface area contributed by atoms with Crippen LogP contribution in [0.15, 0.2) is 30.5 Å². The van der Waals surface area contributed by atoms with Gasteiger partial charge in [0.2, 0.25) is 0 Å². The number of hydrogen-bond donors (Lipinski definition) is 0. The summed E-state index contributed by atoms with van der Waals surface area (Å²) in [5.41, 5.74) is 2.17. The number of hydrogen-bond acceptors (Lipinski definition) is 2. The largest absolute Gasteiger partial charge is 0.327 e. The Bertz CT molecular complexity index is 886. The van der Waals surface area contributed by atoms with E-state index in [1.54, 1.807) is 34.0 Å². The van der Waals surface area contributed by atoms with Crippen molar-refractivity contribution in [3.05, 3.63) is 47.5 Å². The third kappa shape index (κ3) is 3.80. The van der Waals surface area contributed by atoms with Crippen LogP contribution in [-0.2, 0) is 17.8 Å². The summed E-state index contributed by atoms with van der Waals surface area (Å²) in [5.74, 6) is 5.36. The molecule has 0 atom stereocenters. The first-order valence-corrected chi connectivity index (χ1v) is 8.88. The van der Waals surface area contributed by atoms with Gasteiger partial charge < -0.3 is 4.90 Å². The third-order valence-electron chi connectivity index (χ3n) is 4.42. The molecule has 2 aromatic rings. The normalized spacial score (nSPS) is 15.8. The molecule has 2 heterocycles. The van der Waals surface area contributed by atoms with Crippen molar-refractivity contribution >= 4 is 5.91 Å². The minimum absolute atomic E-state index is 0.151. The van der Waals surface area contributed by atoms with Crippen molar-refractivity contribution in [2.75, 3.05) is 6.54 Å². The molecule has 1 aliphatic rings. The van der Waals surface area contributed by atoms with Gasteiger partial charge in [-0.1, -0.05) is 45.7 Å². The van der Waals surface area contributed by atoms with Crippen molar-refractivity contribution in [3.8, 4) is 17.5 Å². The highest BCUT2D eigenvalue weighted by Gasteiger charge is 2.32. The lowest BCUT2D eigenvalue weighted by Gasteiger charge is -2.28. The third-order valence-corrected chi connectivity index (χ3v) is 4.42. The zero-order valence-corrected chi connectivity index (χ0v) is 15.7. The minimum atomic E-state index is -0.309. The van der Waals surface area contributed by atoms with E-state index in [9.17, 15) is 9.18 Å². The summed E-state index contributed by atoms with van der Waals surface area (Å²) in [6.07, 6.45) is 2.44. The second kappa shape index (κ2) is 6.95. The Balaban J connectivity index is 1.99.